The number of benzene rings is 1. The third-order valence-electron chi connectivity index (χ3n) is 3.93. The summed E-state index contributed by atoms with van der Waals surface area (Å²) in [5.74, 6) is 0.195. The summed E-state index contributed by atoms with van der Waals surface area (Å²) in [6, 6.07) is 7.60. The van der Waals surface area contributed by atoms with Gasteiger partial charge in [0, 0.05) is 5.39 Å². The zero-order valence-electron chi connectivity index (χ0n) is 14.7. The van der Waals surface area contributed by atoms with E-state index in [0.29, 0.717) is 24.5 Å². The second kappa shape index (κ2) is 9.91. The lowest BCUT2D eigenvalue weighted by molar-refractivity contribution is 0.0496. The fourth-order valence-corrected chi connectivity index (χ4v) is 2.57. The Morgan fingerprint density at radius 3 is 2.46 bits per heavy atom. The third kappa shape index (κ3) is 4.95. The van der Waals surface area contributed by atoms with Crippen LogP contribution in [0.4, 0.5) is 0 Å². The lowest BCUT2D eigenvalue weighted by Gasteiger charge is -2.13. The topological polar surface area (TPSA) is 48.4 Å². The van der Waals surface area contributed by atoms with Gasteiger partial charge in [0.15, 0.2) is 5.75 Å². The van der Waals surface area contributed by atoms with Crippen molar-refractivity contribution in [1.29, 1.82) is 0 Å². The Morgan fingerprint density at radius 2 is 1.71 bits per heavy atom. The van der Waals surface area contributed by atoms with Crippen LogP contribution in [-0.2, 0) is 4.74 Å². The Balaban J connectivity index is 2.20. The summed E-state index contributed by atoms with van der Waals surface area (Å²) in [4.78, 5) is 17.0. The van der Waals surface area contributed by atoms with E-state index in [2.05, 4.69) is 18.8 Å². The van der Waals surface area contributed by atoms with Gasteiger partial charge in [0.2, 0.25) is 0 Å². The molecular weight excluding hydrogens is 302 g/mol. The highest BCUT2D eigenvalue weighted by molar-refractivity contribution is 6.05. The summed E-state index contributed by atoms with van der Waals surface area (Å²) in [7, 11) is 0. The number of fused-ring (bicyclic) bond motifs is 1. The first kappa shape index (κ1) is 18.2. The van der Waals surface area contributed by atoms with Crippen LogP contribution in [0, 0.1) is 0 Å². The van der Waals surface area contributed by atoms with Crippen molar-refractivity contribution in [2.45, 2.75) is 52.4 Å². The summed E-state index contributed by atoms with van der Waals surface area (Å²) >= 11 is 0. The molecular formula is C20H27NO3. The molecule has 0 aliphatic rings. The second-order valence-corrected chi connectivity index (χ2v) is 5.91. The normalized spacial score (nSPS) is 10.8. The average Bonchev–Trinajstić information content (AvgIpc) is 2.61. The molecule has 1 aromatic carbocycles. The van der Waals surface area contributed by atoms with Crippen LogP contribution in [0.15, 0.2) is 30.5 Å². The van der Waals surface area contributed by atoms with Crippen LogP contribution < -0.4 is 4.74 Å². The van der Waals surface area contributed by atoms with Crippen LogP contribution in [0.3, 0.4) is 0 Å². The quantitative estimate of drug-likeness (QED) is 0.447. The lowest BCUT2D eigenvalue weighted by atomic mass is 10.1. The van der Waals surface area contributed by atoms with Gasteiger partial charge < -0.3 is 9.47 Å². The van der Waals surface area contributed by atoms with Crippen molar-refractivity contribution in [3.05, 3.63) is 36.0 Å². The number of carbonyl (C=O) groups is 1. The number of hydrogen-bond acceptors (Lipinski definition) is 4. The molecule has 0 amide bonds. The zero-order valence-corrected chi connectivity index (χ0v) is 14.7. The Kier molecular flexibility index (Phi) is 7.53. The van der Waals surface area contributed by atoms with E-state index < -0.39 is 0 Å². The van der Waals surface area contributed by atoms with Crippen LogP contribution in [0.1, 0.15) is 62.7 Å². The highest BCUT2D eigenvalue weighted by Crippen LogP contribution is 2.27. The summed E-state index contributed by atoms with van der Waals surface area (Å²) in [5, 5.41) is 0.783. The fourth-order valence-electron chi connectivity index (χ4n) is 2.57. The number of ether oxygens (including phenoxy) is 2. The van der Waals surface area contributed by atoms with Gasteiger partial charge >= 0.3 is 5.97 Å². The minimum atomic E-state index is -0.324. The van der Waals surface area contributed by atoms with Gasteiger partial charge in [-0.3, -0.25) is 4.98 Å². The molecule has 4 heteroatoms. The average molecular weight is 329 g/mol. The molecule has 24 heavy (non-hydrogen) atoms. The van der Waals surface area contributed by atoms with Crippen LogP contribution in [0.2, 0.25) is 0 Å². The van der Waals surface area contributed by atoms with E-state index in [1.165, 1.54) is 0 Å². The van der Waals surface area contributed by atoms with Gasteiger partial charge in [-0.2, -0.15) is 0 Å². The molecule has 2 rings (SSSR count). The minimum Gasteiger partial charge on any atom is -0.491 e. The van der Waals surface area contributed by atoms with Crippen LogP contribution in [0.5, 0.6) is 5.75 Å². The SMILES string of the molecule is CCCCCOC(=O)c1c(OCCCCC)cnc2ccccc12. The Bertz CT molecular complexity index is 654. The maximum Gasteiger partial charge on any atom is 0.342 e. The number of pyridine rings is 1. The molecule has 0 bridgehead atoms. The van der Waals surface area contributed by atoms with Crippen molar-refractivity contribution < 1.29 is 14.3 Å². The number of hydrogen-bond donors (Lipinski definition) is 0. The van der Waals surface area contributed by atoms with E-state index in [9.17, 15) is 4.79 Å². The molecule has 0 radical (unpaired) electrons. The fraction of sp³-hybridized carbons (Fsp3) is 0.500. The molecule has 130 valence electrons. The molecule has 1 aromatic heterocycles. The summed E-state index contributed by atoms with van der Waals surface area (Å²) in [6.07, 6.45) is 7.89. The smallest absolute Gasteiger partial charge is 0.342 e. The first-order valence-corrected chi connectivity index (χ1v) is 8.95. The standard InChI is InChI=1S/C20H27NO3/c1-3-5-9-13-23-18-15-21-17-12-8-7-11-16(17)19(18)20(22)24-14-10-6-4-2/h7-8,11-12,15H,3-6,9-10,13-14H2,1-2H3. The molecule has 0 saturated carbocycles. The molecule has 0 spiro atoms. The van der Waals surface area contributed by atoms with Crippen LogP contribution in [-0.4, -0.2) is 24.2 Å². The van der Waals surface area contributed by atoms with E-state index in [4.69, 9.17) is 9.47 Å². The second-order valence-electron chi connectivity index (χ2n) is 5.91. The summed E-state index contributed by atoms with van der Waals surface area (Å²) < 4.78 is 11.3. The molecule has 0 atom stereocenters. The van der Waals surface area contributed by atoms with Crippen molar-refractivity contribution in [3.8, 4) is 5.75 Å². The molecule has 0 aliphatic heterocycles. The molecule has 0 saturated heterocycles. The van der Waals surface area contributed by atoms with E-state index >= 15 is 0 Å². The first-order valence-electron chi connectivity index (χ1n) is 8.95. The van der Waals surface area contributed by atoms with Gasteiger partial charge in [-0.1, -0.05) is 57.7 Å². The number of rotatable bonds is 10. The van der Waals surface area contributed by atoms with E-state index in [1.807, 2.05) is 24.3 Å². The van der Waals surface area contributed by atoms with E-state index in [-0.39, 0.29) is 5.97 Å². The number of carbonyl (C=O) groups excluding carboxylic acids is 1. The predicted molar refractivity (Wildman–Crippen MR) is 96.6 cm³/mol. The summed E-state index contributed by atoms with van der Waals surface area (Å²) in [6.45, 7) is 5.31. The maximum absolute atomic E-state index is 12.6. The van der Waals surface area contributed by atoms with Crippen molar-refractivity contribution in [2.24, 2.45) is 0 Å². The largest absolute Gasteiger partial charge is 0.491 e. The van der Waals surface area contributed by atoms with Crippen molar-refractivity contribution >= 4 is 16.9 Å². The van der Waals surface area contributed by atoms with Crippen molar-refractivity contribution in [1.82, 2.24) is 4.98 Å². The number of esters is 1. The number of aromatic nitrogens is 1. The van der Waals surface area contributed by atoms with Gasteiger partial charge in [0.1, 0.15) is 5.56 Å². The molecule has 0 unspecified atom stereocenters. The van der Waals surface area contributed by atoms with Gasteiger partial charge in [-0.15, -0.1) is 0 Å². The van der Waals surface area contributed by atoms with Gasteiger partial charge in [0.05, 0.1) is 24.9 Å². The van der Waals surface area contributed by atoms with E-state index in [0.717, 1.165) is 49.4 Å². The predicted octanol–water partition coefficient (Wildman–Crippen LogP) is 5.15. The maximum atomic E-state index is 12.6. The van der Waals surface area contributed by atoms with E-state index in [1.54, 1.807) is 6.20 Å². The Morgan fingerprint density at radius 1 is 1.00 bits per heavy atom. The Hall–Kier alpha value is -2.10. The monoisotopic (exact) mass is 329 g/mol. The molecule has 2 aromatic rings. The molecule has 4 nitrogen and oxygen atoms in total. The highest BCUT2D eigenvalue weighted by Gasteiger charge is 2.19. The van der Waals surface area contributed by atoms with Gasteiger partial charge in [-0.05, 0) is 18.9 Å². The highest BCUT2D eigenvalue weighted by atomic mass is 16.5. The van der Waals surface area contributed by atoms with Crippen LogP contribution in [0.25, 0.3) is 10.9 Å². The summed E-state index contributed by atoms with van der Waals surface area (Å²) in [5.41, 5.74) is 1.27. The number of unbranched alkanes of at least 4 members (excludes halogenated alkanes) is 4. The molecule has 0 N–H and O–H groups in total. The number of nitrogens with zero attached hydrogens (tertiary/aromatic N) is 1. The Labute approximate surface area is 144 Å². The van der Waals surface area contributed by atoms with Crippen molar-refractivity contribution in [3.63, 3.8) is 0 Å². The molecule has 0 fully saturated rings. The van der Waals surface area contributed by atoms with Gasteiger partial charge in [-0.25, -0.2) is 4.79 Å². The third-order valence-corrected chi connectivity index (χ3v) is 3.93. The molecule has 0 aliphatic carbocycles. The van der Waals surface area contributed by atoms with Gasteiger partial charge in [0.25, 0.3) is 0 Å². The first-order chi connectivity index (χ1) is 11.8. The number of para-hydroxylation sites is 1. The minimum absolute atomic E-state index is 0.324. The zero-order chi connectivity index (χ0) is 17.2. The van der Waals surface area contributed by atoms with Crippen molar-refractivity contribution in [2.75, 3.05) is 13.2 Å². The molecule has 1 heterocycles. The lowest BCUT2D eigenvalue weighted by Crippen LogP contribution is -2.11. The van der Waals surface area contributed by atoms with Crippen LogP contribution >= 0.6 is 0 Å².